The predicted molar refractivity (Wildman–Crippen MR) is 87.6 cm³/mol. The lowest BCUT2D eigenvalue weighted by Crippen LogP contribution is -2.17. The highest BCUT2D eigenvalue weighted by Crippen LogP contribution is 2.27. The first-order valence-corrected chi connectivity index (χ1v) is 7.41. The fourth-order valence-electron chi connectivity index (χ4n) is 1.18. The third-order valence-electron chi connectivity index (χ3n) is 2.12. The third-order valence-corrected chi connectivity index (χ3v) is 2.98. The molecule has 1 aromatic rings. The van der Waals surface area contributed by atoms with Crippen molar-refractivity contribution in [2.75, 3.05) is 19.7 Å². The van der Waals surface area contributed by atoms with Crippen molar-refractivity contribution in [3.05, 3.63) is 40.3 Å². The lowest BCUT2D eigenvalue weighted by atomic mass is 10.3. The van der Waals surface area contributed by atoms with E-state index < -0.39 is 11.9 Å². The molecule has 0 aliphatic heterocycles. The summed E-state index contributed by atoms with van der Waals surface area (Å²) in [5, 5.41) is 18.7. The minimum Gasteiger partial charge on any atom is -0.492 e. The Morgan fingerprint density at radius 3 is 2.50 bits per heavy atom. The maximum Gasteiger partial charge on any atom is 0.414 e. The second kappa shape index (κ2) is 12.0. The van der Waals surface area contributed by atoms with Crippen LogP contribution in [0.1, 0.15) is 6.42 Å². The van der Waals surface area contributed by atoms with E-state index in [1.807, 2.05) is 24.3 Å². The highest BCUT2D eigenvalue weighted by molar-refractivity contribution is 9.10. The Morgan fingerprint density at radius 2 is 2.00 bits per heavy atom. The van der Waals surface area contributed by atoms with Crippen LogP contribution in [0.5, 0.6) is 5.75 Å². The van der Waals surface area contributed by atoms with Gasteiger partial charge in [-0.1, -0.05) is 17.7 Å². The molecule has 22 heavy (non-hydrogen) atoms. The smallest absolute Gasteiger partial charge is 0.414 e. The van der Waals surface area contributed by atoms with Crippen LogP contribution < -0.4 is 10.1 Å². The molecule has 122 valence electrons. The van der Waals surface area contributed by atoms with E-state index in [4.69, 9.17) is 36.1 Å². The number of carboxylic acid groups (broad SMARTS) is 2. The third kappa shape index (κ3) is 10.2. The number of carboxylic acids is 2. The SMILES string of the molecule is C=CCNCCCOc1ccc(Cl)cc1Br.O=C(O)C(=O)O. The summed E-state index contributed by atoms with van der Waals surface area (Å²) in [4.78, 5) is 18.2. The summed E-state index contributed by atoms with van der Waals surface area (Å²) in [6, 6.07) is 5.51. The van der Waals surface area contributed by atoms with Crippen molar-refractivity contribution in [2.24, 2.45) is 0 Å². The molecule has 0 radical (unpaired) electrons. The van der Waals surface area contributed by atoms with Crippen LogP contribution in [0.2, 0.25) is 5.02 Å². The molecular weight excluding hydrogens is 378 g/mol. The monoisotopic (exact) mass is 393 g/mol. The fourth-order valence-corrected chi connectivity index (χ4v) is 1.97. The van der Waals surface area contributed by atoms with Crippen LogP contribution in [-0.4, -0.2) is 41.8 Å². The van der Waals surface area contributed by atoms with Crippen molar-refractivity contribution < 1.29 is 24.5 Å². The van der Waals surface area contributed by atoms with Gasteiger partial charge in [0.15, 0.2) is 0 Å². The molecule has 0 aliphatic carbocycles. The molecule has 0 unspecified atom stereocenters. The molecule has 0 heterocycles. The number of nitrogens with one attached hydrogen (secondary N) is 1. The van der Waals surface area contributed by atoms with Gasteiger partial charge in [-0.3, -0.25) is 0 Å². The summed E-state index contributed by atoms with van der Waals surface area (Å²) in [5.74, 6) is -2.82. The Hall–Kier alpha value is -1.57. The summed E-state index contributed by atoms with van der Waals surface area (Å²) in [6.45, 7) is 6.08. The van der Waals surface area contributed by atoms with E-state index >= 15 is 0 Å². The predicted octanol–water partition coefficient (Wildman–Crippen LogP) is 2.80. The van der Waals surface area contributed by atoms with Gasteiger partial charge in [-0.15, -0.1) is 6.58 Å². The Bertz CT molecular complexity index is 498. The first kappa shape index (κ1) is 20.4. The van der Waals surface area contributed by atoms with Crippen LogP contribution in [-0.2, 0) is 9.59 Å². The fraction of sp³-hybridized carbons (Fsp3) is 0.286. The lowest BCUT2D eigenvalue weighted by molar-refractivity contribution is -0.159. The van der Waals surface area contributed by atoms with Gasteiger partial charge in [0.25, 0.3) is 0 Å². The Morgan fingerprint density at radius 1 is 1.36 bits per heavy atom. The molecular formula is C14H17BrClNO5. The Kier molecular flexibility index (Phi) is 11.2. The van der Waals surface area contributed by atoms with Crippen LogP contribution in [0.25, 0.3) is 0 Å². The van der Waals surface area contributed by atoms with Crippen molar-refractivity contribution in [1.29, 1.82) is 0 Å². The number of benzene rings is 1. The van der Waals surface area contributed by atoms with Crippen LogP contribution in [0.3, 0.4) is 0 Å². The standard InChI is InChI=1S/C12H15BrClNO.C2H2O4/c1-2-6-15-7-3-8-16-12-5-4-10(14)9-11(12)13;3-1(4)2(5)6/h2,4-5,9,15H,1,3,6-8H2;(H,3,4)(H,5,6). The molecule has 1 rings (SSSR count). The van der Waals surface area contributed by atoms with Gasteiger partial charge in [0.05, 0.1) is 11.1 Å². The summed E-state index contributed by atoms with van der Waals surface area (Å²) in [5.41, 5.74) is 0. The van der Waals surface area contributed by atoms with Crippen molar-refractivity contribution in [2.45, 2.75) is 6.42 Å². The quantitative estimate of drug-likeness (QED) is 0.374. The van der Waals surface area contributed by atoms with E-state index in [0.717, 1.165) is 29.7 Å². The van der Waals surface area contributed by atoms with E-state index in [-0.39, 0.29) is 0 Å². The Labute approximate surface area is 141 Å². The number of carbonyl (C=O) groups is 2. The Balaban J connectivity index is 0.000000626. The van der Waals surface area contributed by atoms with Gasteiger partial charge < -0.3 is 20.3 Å². The highest BCUT2D eigenvalue weighted by Gasteiger charge is 2.04. The van der Waals surface area contributed by atoms with Crippen molar-refractivity contribution in [1.82, 2.24) is 5.32 Å². The normalized spacial score (nSPS) is 9.36. The van der Waals surface area contributed by atoms with Gasteiger partial charge in [-0.05, 0) is 47.1 Å². The number of aliphatic carboxylic acids is 2. The van der Waals surface area contributed by atoms with Crippen molar-refractivity contribution in [3.63, 3.8) is 0 Å². The molecule has 0 aliphatic rings. The first-order valence-electron chi connectivity index (χ1n) is 6.24. The molecule has 0 saturated carbocycles. The van der Waals surface area contributed by atoms with Gasteiger partial charge in [0.2, 0.25) is 0 Å². The van der Waals surface area contributed by atoms with Crippen molar-refractivity contribution in [3.8, 4) is 5.75 Å². The second-order valence-corrected chi connectivity index (χ2v) is 5.17. The molecule has 3 N–H and O–H groups in total. The van der Waals surface area contributed by atoms with E-state index in [1.54, 1.807) is 0 Å². The van der Waals surface area contributed by atoms with Crippen LogP contribution >= 0.6 is 27.5 Å². The summed E-state index contributed by atoms with van der Waals surface area (Å²) in [7, 11) is 0. The molecule has 1 aromatic carbocycles. The van der Waals surface area contributed by atoms with Crippen LogP contribution in [0.4, 0.5) is 0 Å². The average Bonchev–Trinajstić information content (AvgIpc) is 2.45. The molecule has 0 aromatic heterocycles. The maximum absolute atomic E-state index is 9.10. The first-order chi connectivity index (χ1) is 10.4. The molecule has 0 saturated heterocycles. The molecule has 8 heteroatoms. The average molecular weight is 395 g/mol. The number of hydrogen-bond acceptors (Lipinski definition) is 4. The summed E-state index contributed by atoms with van der Waals surface area (Å²) in [6.07, 6.45) is 2.81. The molecule has 0 bridgehead atoms. The van der Waals surface area contributed by atoms with E-state index in [2.05, 4.69) is 27.8 Å². The number of hydrogen-bond donors (Lipinski definition) is 3. The number of rotatable bonds is 7. The van der Waals surface area contributed by atoms with Gasteiger partial charge in [0, 0.05) is 11.6 Å². The minimum absolute atomic E-state index is 0.685. The highest BCUT2D eigenvalue weighted by atomic mass is 79.9. The zero-order valence-electron chi connectivity index (χ0n) is 11.7. The summed E-state index contributed by atoms with van der Waals surface area (Å²) >= 11 is 9.23. The number of ether oxygens (including phenoxy) is 1. The van der Waals surface area contributed by atoms with Crippen molar-refractivity contribution >= 4 is 39.5 Å². The van der Waals surface area contributed by atoms with E-state index in [1.165, 1.54) is 0 Å². The zero-order chi connectivity index (χ0) is 17.0. The van der Waals surface area contributed by atoms with Crippen LogP contribution in [0.15, 0.2) is 35.3 Å². The minimum atomic E-state index is -1.82. The van der Waals surface area contributed by atoms with Gasteiger partial charge in [-0.2, -0.15) is 0 Å². The molecule has 0 amide bonds. The van der Waals surface area contributed by atoms with E-state index in [9.17, 15) is 0 Å². The second-order valence-electron chi connectivity index (χ2n) is 3.88. The molecule has 6 nitrogen and oxygen atoms in total. The number of halogens is 2. The van der Waals surface area contributed by atoms with Gasteiger partial charge in [-0.25, -0.2) is 9.59 Å². The zero-order valence-corrected chi connectivity index (χ0v) is 14.1. The van der Waals surface area contributed by atoms with E-state index in [0.29, 0.717) is 11.6 Å². The summed E-state index contributed by atoms with van der Waals surface area (Å²) < 4.78 is 6.49. The molecule has 0 atom stereocenters. The largest absolute Gasteiger partial charge is 0.492 e. The molecule has 0 fully saturated rings. The maximum atomic E-state index is 9.10. The topological polar surface area (TPSA) is 95.9 Å². The van der Waals surface area contributed by atoms with Gasteiger partial charge in [0.1, 0.15) is 5.75 Å². The molecule has 0 spiro atoms. The van der Waals surface area contributed by atoms with Gasteiger partial charge >= 0.3 is 11.9 Å². The lowest BCUT2D eigenvalue weighted by Gasteiger charge is -2.08. The van der Waals surface area contributed by atoms with Crippen LogP contribution in [0, 0.1) is 0 Å².